The fourth-order valence-electron chi connectivity index (χ4n) is 3.18. The molecule has 0 unspecified atom stereocenters. The Morgan fingerprint density at radius 3 is 2.21 bits per heavy atom. The van der Waals surface area contributed by atoms with Crippen LogP contribution in [0.25, 0.3) is 0 Å². The van der Waals surface area contributed by atoms with Crippen LogP contribution in [0, 0.1) is 0 Å². The smallest absolute Gasteiger partial charge is 0.261 e. The third-order valence-corrected chi connectivity index (χ3v) is 4.81. The molecule has 28 heavy (non-hydrogen) atoms. The normalized spacial score (nSPS) is 13.9. The summed E-state index contributed by atoms with van der Waals surface area (Å²) in [5.74, 6) is -1.02. The van der Waals surface area contributed by atoms with Gasteiger partial charge in [0.25, 0.3) is 17.7 Å². The monoisotopic (exact) mass is 380 g/mol. The highest BCUT2D eigenvalue weighted by atomic mass is 16.3. The van der Waals surface area contributed by atoms with Gasteiger partial charge in [-0.05, 0) is 57.0 Å². The van der Waals surface area contributed by atoms with Gasteiger partial charge in [0, 0.05) is 18.2 Å². The molecule has 0 radical (unpaired) electrons. The highest BCUT2D eigenvalue weighted by Crippen LogP contribution is 2.26. The van der Waals surface area contributed by atoms with Crippen LogP contribution in [0.3, 0.4) is 0 Å². The molecule has 2 aromatic carbocycles. The second kappa shape index (κ2) is 7.20. The van der Waals surface area contributed by atoms with Crippen molar-refractivity contribution in [2.45, 2.75) is 45.9 Å². The van der Waals surface area contributed by atoms with Crippen LogP contribution in [0.5, 0.6) is 0 Å². The zero-order chi connectivity index (χ0) is 20.6. The van der Waals surface area contributed by atoms with Gasteiger partial charge in [0.05, 0.1) is 16.7 Å². The molecule has 6 nitrogen and oxygen atoms in total. The molecule has 6 heteroatoms. The van der Waals surface area contributed by atoms with Gasteiger partial charge in [-0.15, -0.1) is 0 Å². The Labute approximate surface area is 164 Å². The summed E-state index contributed by atoms with van der Waals surface area (Å²) in [5.41, 5.74) is 1.69. The first kappa shape index (κ1) is 19.8. The molecule has 1 aliphatic heterocycles. The van der Waals surface area contributed by atoms with Gasteiger partial charge in [-0.3, -0.25) is 19.3 Å². The lowest BCUT2D eigenvalue weighted by molar-refractivity contribution is 0.0608. The van der Waals surface area contributed by atoms with Crippen molar-refractivity contribution in [3.63, 3.8) is 0 Å². The standard InChI is InChI=1S/C22H24N2O4/c1-13(2)24-20(26)17-10-7-15(11-18(17)21(24)27)19(25)23-12-14-5-8-16(9-6-14)22(3,4)28/h5-11,13,28H,12H2,1-4H3,(H,23,25). The maximum Gasteiger partial charge on any atom is 0.261 e. The molecular weight excluding hydrogens is 356 g/mol. The van der Waals surface area contributed by atoms with Crippen molar-refractivity contribution in [2.75, 3.05) is 0 Å². The fraction of sp³-hybridized carbons (Fsp3) is 0.318. The van der Waals surface area contributed by atoms with Crippen LogP contribution < -0.4 is 5.32 Å². The zero-order valence-corrected chi connectivity index (χ0v) is 16.4. The summed E-state index contributed by atoms with van der Waals surface area (Å²) in [6.07, 6.45) is 0. The number of fused-ring (bicyclic) bond motifs is 1. The number of carbonyl (C=O) groups is 3. The van der Waals surface area contributed by atoms with E-state index in [1.54, 1.807) is 33.8 Å². The van der Waals surface area contributed by atoms with Crippen molar-refractivity contribution >= 4 is 17.7 Å². The Morgan fingerprint density at radius 2 is 1.64 bits per heavy atom. The molecular formula is C22H24N2O4. The highest BCUT2D eigenvalue weighted by molar-refractivity contribution is 6.22. The minimum Gasteiger partial charge on any atom is -0.386 e. The lowest BCUT2D eigenvalue weighted by Crippen LogP contribution is -2.35. The molecule has 0 atom stereocenters. The molecule has 1 aliphatic rings. The number of hydrogen-bond donors (Lipinski definition) is 2. The van der Waals surface area contributed by atoms with E-state index in [0.717, 1.165) is 11.1 Å². The van der Waals surface area contributed by atoms with Crippen molar-refractivity contribution in [1.29, 1.82) is 0 Å². The van der Waals surface area contributed by atoms with Crippen LogP contribution in [0.4, 0.5) is 0 Å². The van der Waals surface area contributed by atoms with E-state index in [1.165, 1.54) is 17.0 Å². The predicted molar refractivity (Wildman–Crippen MR) is 105 cm³/mol. The van der Waals surface area contributed by atoms with E-state index in [2.05, 4.69) is 5.32 Å². The minimum atomic E-state index is -0.917. The maximum atomic E-state index is 12.5. The van der Waals surface area contributed by atoms with Crippen LogP contribution >= 0.6 is 0 Å². The van der Waals surface area contributed by atoms with Gasteiger partial charge in [0.1, 0.15) is 0 Å². The highest BCUT2D eigenvalue weighted by Gasteiger charge is 2.37. The molecule has 146 valence electrons. The van der Waals surface area contributed by atoms with Gasteiger partial charge in [-0.2, -0.15) is 0 Å². The van der Waals surface area contributed by atoms with Gasteiger partial charge in [-0.25, -0.2) is 0 Å². The van der Waals surface area contributed by atoms with E-state index in [1.807, 2.05) is 24.3 Å². The van der Waals surface area contributed by atoms with Crippen LogP contribution in [0.1, 0.15) is 69.9 Å². The maximum absolute atomic E-state index is 12.5. The number of nitrogens with one attached hydrogen (secondary N) is 1. The SMILES string of the molecule is CC(C)N1C(=O)c2ccc(C(=O)NCc3ccc(C(C)(C)O)cc3)cc2C1=O. The lowest BCUT2D eigenvalue weighted by Gasteiger charge is -2.18. The van der Waals surface area contributed by atoms with Crippen LogP contribution in [-0.4, -0.2) is 33.8 Å². The molecule has 2 N–H and O–H groups in total. The Bertz CT molecular complexity index is 940. The number of hydrogen-bond acceptors (Lipinski definition) is 4. The molecule has 0 aromatic heterocycles. The van der Waals surface area contributed by atoms with E-state index in [0.29, 0.717) is 17.7 Å². The van der Waals surface area contributed by atoms with Crippen LogP contribution in [-0.2, 0) is 12.1 Å². The molecule has 1 heterocycles. The van der Waals surface area contributed by atoms with Crippen LogP contribution in [0.15, 0.2) is 42.5 Å². The van der Waals surface area contributed by atoms with Crippen molar-refractivity contribution in [1.82, 2.24) is 10.2 Å². The number of aliphatic hydroxyl groups is 1. The number of amides is 3. The molecule has 3 rings (SSSR count). The lowest BCUT2D eigenvalue weighted by atomic mass is 9.97. The Morgan fingerprint density at radius 1 is 1.04 bits per heavy atom. The number of carbonyl (C=O) groups excluding carboxylic acids is 3. The van der Waals surface area contributed by atoms with E-state index in [-0.39, 0.29) is 29.3 Å². The summed E-state index contributed by atoms with van der Waals surface area (Å²) in [5, 5.41) is 12.8. The van der Waals surface area contributed by atoms with E-state index in [4.69, 9.17) is 0 Å². The second-order valence-electron chi connectivity index (χ2n) is 7.77. The summed E-state index contributed by atoms with van der Waals surface area (Å²) in [6, 6.07) is 11.7. The third-order valence-electron chi connectivity index (χ3n) is 4.81. The van der Waals surface area contributed by atoms with Gasteiger partial charge in [0.15, 0.2) is 0 Å². The van der Waals surface area contributed by atoms with Crippen molar-refractivity contribution in [2.24, 2.45) is 0 Å². The van der Waals surface area contributed by atoms with Crippen LogP contribution in [0.2, 0.25) is 0 Å². The Balaban J connectivity index is 1.71. The molecule has 0 saturated carbocycles. The molecule has 2 aromatic rings. The first-order valence-electron chi connectivity index (χ1n) is 9.21. The number of nitrogens with zero attached hydrogens (tertiary/aromatic N) is 1. The number of rotatable bonds is 5. The first-order valence-corrected chi connectivity index (χ1v) is 9.21. The van der Waals surface area contributed by atoms with Gasteiger partial charge in [-0.1, -0.05) is 24.3 Å². The predicted octanol–water partition coefficient (Wildman–Crippen LogP) is 2.85. The van der Waals surface area contributed by atoms with E-state index in [9.17, 15) is 19.5 Å². The number of benzene rings is 2. The summed E-state index contributed by atoms with van der Waals surface area (Å²) in [6.45, 7) is 7.29. The molecule has 3 amide bonds. The fourth-order valence-corrected chi connectivity index (χ4v) is 3.18. The largest absolute Gasteiger partial charge is 0.386 e. The average molecular weight is 380 g/mol. The van der Waals surface area contributed by atoms with Crippen molar-refractivity contribution in [3.05, 3.63) is 70.3 Å². The van der Waals surface area contributed by atoms with Gasteiger partial charge in [0.2, 0.25) is 0 Å². The quantitative estimate of drug-likeness (QED) is 0.781. The minimum absolute atomic E-state index is 0.239. The topological polar surface area (TPSA) is 86.7 Å². The first-order chi connectivity index (χ1) is 13.1. The summed E-state index contributed by atoms with van der Waals surface area (Å²) < 4.78 is 0. The van der Waals surface area contributed by atoms with E-state index >= 15 is 0 Å². The van der Waals surface area contributed by atoms with E-state index < -0.39 is 5.60 Å². The molecule has 0 bridgehead atoms. The Kier molecular flexibility index (Phi) is 5.08. The summed E-state index contributed by atoms with van der Waals surface area (Å²) in [4.78, 5) is 38.5. The summed E-state index contributed by atoms with van der Waals surface area (Å²) >= 11 is 0. The average Bonchev–Trinajstić information content (AvgIpc) is 2.89. The third kappa shape index (κ3) is 3.68. The summed E-state index contributed by atoms with van der Waals surface area (Å²) in [7, 11) is 0. The van der Waals surface area contributed by atoms with Gasteiger partial charge >= 0.3 is 0 Å². The second-order valence-corrected chi connectivity index (χ2v) is 7.77. The molecule has 0 fully saturated rings. The van der Waals surface area contributed by atoms with Gasteiger partial charge < -0.3 is 10.4 Å². The van der Waals surface area contributed by atoms with Crippen molar-refractivity contribution < 1.29 is 19.5 Å². The molecule has 0 saturated heterocycles. The van der Waals surface area contributed by atoms with Crippen molar-refractivity contribution in [3.8, 4) is 0 Å². The zero-order valence-electron chi connectivity index (χ0n) is 16.4. The molecule has 0 aliphatic carbocycles. The Hall–Kier alpha value is -2.99. The molecule has 0 spiro atoms. The number of imide groups is 1.